The average molecular weight is 374 g/mol. The van der Waals surface area contributed by atoms with Crippen LogP contribution in [-0.2, 0) is 14.3 Å². The smallest absolute Gasteiger partial charge is 0.349 e. The molecule has 0 atom stereocenters. The number of benzene rings is 1. The normalized spacial score (nSPS) is 10.3. The maximum atomic E-state index is 12.0. The zero-order valence-corrected chi connectivity index (χ0v) is 16.1. The zero-order chi connectivity index (χ0) is 19.3. The molecule has 2 amide bonds. The van der Waals surface area contributed by atoms with E-state index in [-0.39, 0.29) is 12.5 Å². The van der Waals surface area contributed by atoms with E-state index in [2.05, 4.69) is 10.6 Å². The zero-order valence-electron chi connectivity index (χ0n) is 15.3. The highest BCUT2D eigenvalue weighted by Crippen LogP contribution is 2.21. The van der Waals surface area contributed by atoms with Gasteiger partial charge in [-0.1, -0.05) is 17.7 Å². The minimum absolute atomic E-state index is 0.193. The first kappa shape index (κ1) is 19.7. The number of nitrogens with one attached hydrogen (secondary N) is 2. The van der Waals surface area contributed by atoms with E-state index in [1.807, 2.05) is 32.9 Å². The molecule has 2 N–H and O–H groups in total. The SMILES string of the molecule is Cc1cc(C)c(NC(=O)CNC(=O)COC(=O)c2sccc2C)c(C)c1. The van der Waals surface area contributed by atoms with Crippen LogP contribution in [0.5, 0.6) is 0 Å². The quantitative estimate of drug-likeness (QED) is 0.762. The Balaban J connectivity index is 1.79. The first-order valence-corrected chi connectivity index (χ1v) is 9.01. The van der Waals surface area contributed by atoms with Crippen LogP contribution in [0, 0.1) is 27.7 Å². The number of thiophene rings is 1. The maximum absolute atomic E-state index is 12.0. The van der Waals surface area contributed by atoms with Gasteiger partial charge >= 0.3 is 5.97 Å². The molecule has 0 aliphatic rings. The number of carbonyl (C=O) groups is 3. The lowest BCUT2D eigenvalue weighted by Gasteiger charge is -2.13. The van der Waals surface area contributed by atoms with Crippen LogP contribution in [0.4, 0.5) is 5.69 Å². The van der Waals surface area contributed by atoms with Gasteiger partial charge < -0.3 is 15.4 Å². The summed E-state index contributed by atoms with van der Waals surface area (Å²) in [7, 11) is 0. The molecule has 0 aliphatic carbocycles. The molecule has 2 aromatic rings. The number of amides is 2. The molecule has 138 valence electrons. The Labute approximate surface area is 156 Å². The largest absolute Gasteiger partial charge is 0.451 e. The first-order valence-electron chi connectivity index (χ1n) is 8.13. The van der Waals surface area contributed by atoms with Crippen LogP contribution in [-0.4, -0.2) is 30.9 Å². The summed E-state index contributed by atoms with van der Waals surface area (Å²) in [5.41, 5.74) is 4.59. The molecular formula is C19H22N2O4S. The van der Waals surface area contributed by atoms with Crippen molar-refractivity contribution in [3.8, 4) is 0 Å². The van der Waals surface area contributed by atoms with E-state index < -0.39 is 18.5 Å². The lowest BCUT2D eigenvalue weighted by atomic mass is 10.1. The van der Waals surface area contributed by atoms with Crippen LogP contribution >= 0.6 is 11.3 Å². The third kappa shape index (κ3) is 5.16. The topological polar surface area (TPSA) is 84.5 Å². The van der Waals surface area contributed by atoms with Crippen LogP contribution < -0.4 is 10.6 Å². The first-order chi connectivity index (χ1) is 12.3. The molecule has 6 nitrogen and oxygen atoms in total. The molecule has 0 aliphatic heterocycles. The van der Waals surface area contributed by atoms with E-state index >= 15 is 0 Å². The predicted molar refractivity (Wildman–Crippen MR) is 102 cm³/mol. The molecule has 1 heterocycles. The monoisotopic (exact) mass is 374 g/mol. The minimum atomic E-state index is -0.539. The number of anilines is 1. The van der Waals surface area contributed by atoms with Crippen molar-refractivity contribution in [1.29, 1.82) is 0 Å². The van der Waals surface area contributed by atoms with Crippen molar-refractivity contribution in [2.45, 2.75) is 27.7 Å². The second kappa shape index (κ2) is 8.62. The molecule has 0 saturated heterocycles. The van der Waals surface area contributed by atoms with Gasteiger partial charge in [0, 0.05) is 5.69 Å². The van der Waals surface area contributed by atoms with Crippen molar-refractivity contribution < 1.29 is 19.1 Å². The Morgan fingerprint density at radius 1 is 1.00 bits per heavy atom. The number of ether oxygens (including phenoxy) is 1. The van der Waals surface area contributed by atoms with E-state index in [0.29, 0.717) is 4.88 Å². The maximum Gasteiger partial charge on any atom is 0.349 e. The molecular weight excluding hydrogens is 352 g/mol. The number of hydrogen-bond donors (Lipinski definition) is 2. The van der Waals surface area contributed by atoms with Crippen molar-refractivity contribution >= 4 is 34.8 Å². The molecule has 7 heteroatoms. The number of hydrogen-bond acceptors (Lipinski definition) is 5. The van der Waals surface area contributed by atoms with Gasteiger partial charge in [0.1, 0.15) is 4.88 Å². The van der Waals surface area contributed by atoms with E-state index in [9.17, 15) is 14.4 Å². The van der Waals surface area contributed by atoms with Gasteiger partial charge in [-0.3, -0.25) is 9.59 Å². The molecule has 26 heavy (non-hydrogen) atoms. The minimum Gasteiger partial charge on any atom is -0.451 e. The lowest BCUT2D eigenvalue weighted by molar-refractivity contribution is -0.126. The molecule has 0 spiro atoms. The average Bonchev–Trinajstić information content (AvgIpc) is 3.00. The molecule has 0 bridgehead atoms. The fourth-order valence-corrected chi connectivity index (χ4v) is 3.39. The molecule has 0 unspecified atom stereocenters. The van der Waals surface area contributed by atoms with Crippen molar-refractivity contribution in [3.05, 3.63) is 50.7 Å². The summed E-state index contributed by atoms with van der Waals surface area (Å²) in [6.45, 7) is 7.00. The summed E-state index contributed by atoms with van der Waals surface area (Å²) < 4.78 is 4.96. The van der Waals surface area contributed by atoms with Crippen LogP contribution in [0.3, 0.4) is 0 Å². The number of carbonyl (C=O) groups excluding carboxylic acids is 3. The van der Waals surface area contributed by atoms with E-state index in [4.69, 9.17) is 4.74 Å². The highest BCUT2D eigenvalue weighted by Gasteiger charge is 2.15. The van der Waals surface area contributed by atoms with Crippen LogP contribution in [0.2, 0.25) is 0 Å². The molecule has 0 fully saturated rings. The summed E-state index contributed by atoms with van der Waals surface area (Å²) in [5, 5.41) is 7.02. The molecule has 1 aromatic heterocycles. The lowest BCUT2D eigenvalue weighted by Crippen LogP contribution is -2.35. The van der Waals surface area contributed by atoms with Crippen LogP contribution in [0.25, 0.3) is 0 Å². The van der Waals surface area contributed by atoms with Crippen molar-refractivity contribution in [3.63, 3.8) is 0 Å². The number of esters is 1. The van der Waals surface area contributed by atoms with Gasteiger partial charge in [0.15, 0.2) is 6.61 Å². The Kier molecular flexibility index (Phi) is 6.52. The van der Waals surface area contributed by atoms with Gasteiger partial charge in [-0.05, 0) is 55.8 Å². The van der Waals surface area contributed by atoms with Crippen molar-refractivity contribution in [2.75, 3.05) is 18.5 Å². The fraction of sp³-hybridized carbons (Fsp3) is 0.316. The summed E-state index contributed by atoms with van der Waals surface area (Å²) in [6, 6.07) is 5.77. The highest BCUT2D eigenvalue weighted by molar-refractivity contribution is 7.12. The Hall–Kier alpha value is -2.67. The highest BCUT2D eigenvalue weighted by atomic mass is 32.1. The standard InChI is InChI=1S/C19H22N2O4S/c1-11-7-13(3)17(14(4)8-11)21-15(22)9-20-16(23)10-25-19(24)18-12(2)5-6-26-18/h5-8H,9-10H2,1-4H3,(H,20,23)(H,21,22). The van der Waals surface area contributed by atoms with E-state index in [1.165, 1.54) is 11.3 Å². The fourth-order valence-electron chi connectivity index (χ4n) is 2.57. The van der Waals surface area contributed by atoms with Crippen LogP contribution in [0.1, 0.15) is 31.9 Å². The Bertz CT molecular complexity index is 819. The summed E-state index contributed by atoms with van der Waals surface area (Å²) in [6.07, 6.45) is 0. The third-order valence-electron chi connectivity index (χ3n) is 3.77. The Morgan fingerprint density at radius 2 is 1.65 bits per heavy atom. The van der Waals surface area contributed by atoms with Crippen molar-refractivity contribution in [1.82, 2.24) is 5.32 Å². The molecule has 0 radical (unpaired) electrons. The number of aryl methyl sites for hydroxylation is 4. The second-order valence-corrected chi connectivity index (χ2v) is 7.02. The van der Waals surface area contributed by atoms with Crippen molar-refractivity contribution in [2.24, 2.45) is 0 Å². The van der Waals surface area contributed by atoms with Gasteiger partial charge in [0.25, 0.3) is 5.91 Å². The van der Waals surface area contributed by atoms with Gasteiger partial charge in [-0.15, -0.1) is 11.3 Å². The summed E-state index contributed by atoms with van der Waals surface area (Å²) in [5.74, 6) is -1.41. The Morgan fingerprint density at radius 3 is 2.23 bits per heavy atom. The molecule has 0 saturated carbocycles. The van der Waals surface area contributed by atoms with Gasteiger partial charge in [-0.2, -0.15) is 0 Å². The molecule has 1 aromatic carbocycles. The predicted octanol–water partition coefficient (Wildman–Crippen LogP) is 2.89. The van der Waals surface area contributed by atoms with Crippen LogP contribution in [0.15, 0.2) is 23.6 Å². The van der Waals surface area contributed by atoms with E-state index in [1.54, 1.807) is 18.4 Å². The van der Waals surface area contributed by atoms with Gasteiger partial charge in [0.05, 0.1) is 6.54 Å². The summed E-state index contributed by atoms with van der Waals surface area (Å²) >= 11 is 1.26. The number of rotatable bonds is 6. The molecule has 2 rings (SSSR count). The van der Waals surface area contributed by atoms with Gasteiger partial charge in [-0.25, -0.2) is 4.79 Å². The van der Waals surface area contributed by atoms with Gasteiger partial charge in [0.2, 0.25) is 5.91 Å². The third-order valence-corrected chi connectivity index (χ3v) is 4.77. The van der Waals surface area contributed by atoms with E-state index in [0.717, 1.165) is 27.9 Å². The second-order valence-electron chi connectivity index (χ2n) is 6.11. The summed E-state index contributed by atoms with van der Waals surface area (Å²) in [4.78, 5) is 36.1.